The first kappa shape index (κ1) is 46.5. The molecule has 2 fully saturated rings. The van der Waals surface area contributed by atoms with E-state index in [-0.39, 0.29) is 18.3 Å². The van der Waals surface area contributed by atoms with Crippen LogP contribution in [0.5, 0.6) is 0 Å². The molecule has 6 aromatic carbocycles. The maximum atomic E-state index is 7.04. The molecule has 0 saturated carbocycles. The lowest BCUT2D eigenvalue weighted by atomic mass is 9.90. The Morgan fingerprint density at radius 2 is 0.769 bits per heavy atom. The van der Waals surface area contributed by atoms with Gasteiger partial charge in [-0.25, -0.2) is 0 Å². The zero-order valence-corrected chi connectivity index (χ0v) is 37.3. The zero-order chi connectivity index (χ0) is 44.3. The first-order chi connectivity index (χ1) is 32.2. The van der Waals surface area contributed by atoms with Crippen molar-refractivity contribution in [3.05, 3.63) is 215 Å². The quantitative estimate of drug-likeness (QED) is 0.0625. The van der Waals surface area contributed by atoms with Crippen LogP contribution in [0.15, 0.2) is 182 Å². The number of hydrogen-bond acceptors (Lipinski definition) is 9. The number of rotatable bonds is 23. The minimum Gasteiger partial charge on any atom is -0.374 e. The van der Waals surface area contributed by atoms with Gasteiger partial charge in [0.05, 0.1) is 64.6 Å². The van der Waals surface area contributed by atoms with Gasteiger partial charge in [-0.15, -0.1) is 0 Å². The summed E-state index contributed by atoms with van der Waals surface area (Å²) in [6.45, 7) is 2.76. The highest BCUT2D eigenvalue weighted by Crippen LogP contribution is 2.36. The van der Waals surface area contributed by atoms with E-state index in [0.717, 1.165) is 33.4 Å². The van der Waals surface area contributed by atoms with Crippen LogP contribution in [0.2, 0.25) is 0 Å². The summed E-state index contributed by atoms with van der Waals surface area (Å²) in [5, 5.41) is 0. The SMILES string of the molecule is CO[C@H]1O[C@H](CC[C@H]2C[C@@H](OCc3ccccc3)[C@H](OCc3ccccc3)[C@@H](COCc3ccccc3)O2)[C@@H](OCc2ccccc2)[C@H](OCc2ccccc2)[C@H]1OCc1ccccc1. The fraction of sp³-hybridized carbons (Fsp3) is 0.357. The van der Waals surface area contributed by atoms with Gasteiger partial charge in [0.25, 0.3) is 0 Å². The molecule has 2 heterocycles. The molecule has 0 spiro atoms. The van der Waals surface area contributed by atoms with Crippen LogP contribution in [0.1, 0.15) is 52.6 Å². The molecule has 0 aliphatic carbocycles. The van der Waals surface area contributed by atoms with Crippen molar-refractivity contribution in [2.45, 2.75) is 114 Å². The van der Waals surface area contributed by atoms with Crippen molar-refractivity contribution in [2.24, 2.45) is 0 Å². The summed E-state index contributed by atoms with van der Waals surface area (Å²) in [6.07, 6.45) is -2.15. The predicted molar refractivity (Wildman–Crippen MR) is 249 cm³/mol. The molecule has 0 unspecified atom stereocenters. The predicted octanol–water partition coefficient (Wildman–Crippen LogP) is 10.4. The maximum absolute atomic E-state index is 7.04. The van der Waals surface area contributed by atoms with Gasteiger partial charge >= 0.3 is 0 Å². The minimum atomic E-state index is -0.717. The largest absolute Gasteiger partial charge is 0.374 e. The van der Waals surface area contributed by atoms with Crippen LogP contribution >= 0.6 is 0 Å². The summed E-state index contributed by atoms with van der Waals surface area (Å²) in [7, 11) is 1.66. The molecule has 9 atom stereocenters. The first-order valence-electron chi connectivity index (χ1n) is 22.9. The summed E-state index contributed by atoms with van der Waals surface area (Å²) in [5.74, 6) is 0. The molecule has 65 heavy (non-hydrogen) atoms. The number of methoxy groups -OCH3 is 1. The van der Waals surface area contributed by atoms with Crippen molar-refractivity contribution in [1.29, 1.82) is 0 Å². The fourth-order valence-electron chi connectivity index (χ4n) is 8.64. The average molecular weight is 879 g/mol. The molecular weight excluding hydrogens is 817 g/mol. The van der Waals surface area contributed by atoms with E-state index in [0.29, 0.717) is 65.5 Å². The van der Waals surface area contributed by atoms with E-state index in [1.165, 1.54) is 0 Å². The van der Waals surface area contributed by atoms with Crippen LogP contribution in [0.3, 0.4) is 0 Å². The summed E-state index contributed by atoms with van der Waals surface area (Å²) >= 11 is 0. The topological polar surface area (TPSA) is 83.1 Å². The monoisotopic (exact) mass is 878 g/mol. The molecular formula is C56H62O9. The van der Waals surface area contributed by atoms with Crippen LogP contribution in [0, 0.1) is 0 Å². The van der Waals surface area contributed by atoms with E-state index in [1.807, 2.05) is 109 Å². The van der Waals surface area contributed by atoms with E-state index >= 15 is 0 Å². The van der Waals surface area contributed by atoms with Gasteiger partial charge in [-0.3, -0.25) is 0 Å². The van der Waals surface area contributed by atoms with Crippen LogP contribution in [0.4, 0.5) is 0 Å². The second-order valence-electron chi connectivity index (χ2n) is 16.8. The van der Waals surface area contributed by atoms with Crippen LogP contribution in [0.25, 0.3) is 0 Å². The Balaban J connectivity index is 1.05. The minimum absolute atomic E-state index is 0.201. The molecule has 6 aromatic rings. The molecule has 0 radical (unpaired) electrons. The lowest BCUT2D eigenvalue weighted by Crippen LogP contribution is -2.60. The van der Waals surface area contributed by atoms with Crippen LogP contribution < -0.4 is 0 Å². The lowest BCUT2D eigenvalue weighted by Gasteiger charge is -2.46. The molecule has 0 bridgehead atoms. The first-order valence-corrected chi connectivity index (χ1v) is 22.9. The third kappa shape index (κ3) is 14.0. The van der Waals surface area contributed by atoms with Crippen molar-refractivity contribution < 1.29 is 42.6 Å². The Morgan fingerprint density at radius 3 is 1.22 bits per heavy atom. The van der Waals surface area contributed by atoms with E-state index in [2.05, 4.69) is 72.8 Å². The Morgan fingerprint density at radius 1 is 0.385 bits per heavy atom. The van der Waals surface area contributed by atoms with Gasteiger partial charge in [-0.2, -0.15) is 0 Å². The number of ether oxygens (including phenoxy) is 9. The molecule has 2 saturated heterocycles. The number of benzene rings is 6. The zero-order valence-electron chi connectivity index (χ0n) is 37.3. The normalized spacial score (nSPS) is 24.4. The van der Waals surface area contributed by atoms with Crippen molar-refractivity contribution in [3.63, 3.8) is 0 Å². The Hall–Kier alpha value is -5.04. The van der Waals surface area contributed by atoms with E-state index < -0.39 is 36.8 Å². The third-order valence-electron chi connectivity index (χ3n) is 12.0. The Labute approximate surface area is 384 Å². The van der Waals surface area contributed by atoms with Gasteiger partial charge in [-0.1, -0.05) is 182 Å². The van der Waals surface area contributed by atoms with Gasteiger partial charge in [0.15, 0.2) is 6.29 Å². The summed E-state index contributed by atoms with van der Waals surface area (Å²) in [5.41, 5.74) is 6.42. The van der Waals surface area contributed by atoms with Gasteiger partial charge in [0.2, 0.25) is 0 Å². The van der Waals surface area contributed by atoms with Crippen molar-refractivity contribution in [1.82, 2.24) is 0 Å². The molecule has 0 aromatic heterocycles. The average Bonchev–Trinajstić information content (AvgIpc) is 3.37. The highest BCUT2D eigenvalue weighted by Gasteiger charge is 2.49. The van der Waals surface area contributed by atoms with Crippen molar-refractivity contribution >= 4 is 0 Å². The maximum Gasteiger partial charge on any atom is 0.186 e. The van der Waals surface area contributed by atoms with E-state index in [4.69, 9.17) is 42.6 Å². The second kappa shape index (κ2) is 25.0. The molecule has 9 nitrogen and oxygen atoms in total. The smallest absolute Gasteiger partial charge is 0.186 e. The Bertz CT molecular complexity index is 2180. The van der Waals surface area contributed by atoms with E-state index in [1.54, 1.807) is 7.11 Å². The summed E-state index contributed by atoms with van der Waals surface area (Å²) in [4.78, 5) is 0. The summed E-state index contributed by atoms with van der Waals surface area (Å²) < 4.78 is 60.6. The van der Waals surface area contributed by atoms with Gasteiger partial charge < -0.3 is 42.6 Å². The van der Waals surface area contributed by atoms with Gasteiger partial charge in [-0.05, 0) is 46.2 Å². The molecule has 2 aliphatic heterocycles. The molecule has 0 N–H and O–H groups in total. The molecule has 2 aliphatic rings. The summed E-state index contributed by atoms with van der Waals surface area (Å²) in [6, 6.07) is 61.2. The second-order valence-corrected chi connectivity index (χ2v) is 16.8. The van der Waals surface area contributed by atoms with Gasteiger partial charge in [0.1, 0.15) is 30.5 Å². The third-order valence-corrected chi connectivity index (χ3v) is 12.0. The Kier molecular flexibility index (Phi) is 17.9. The van der Waals surface area contributed by atoms with Gasteiger partial charge in [0, 0.05) is 13.5 Å². The highest BCUT2D eigenvalue weighted by atomic mass is 16.7. The molecule has 0 amide bonds. The molecule has 8 rings (SSSR count). The van der Waals surface area contributed by atoms with Crippen molar-refractivity contribution in [3.8, 4) is 0 Å². The van der Waals surface area contributed by atoms with Crippen LogP contribution in [-0.2, 0) is 82.3 Å². The lowest BCUT2D eigenvalue weighted by molar-refractivity contribution is -0.319. The fourth-order valence-corrected chi connectivity index (χ4v) is 8.64. The molecule has 9 heteroatoms. The number of hydrogen-bond donors (Lipinski definition) is 0. The molecule has 340 valence electrons. The standard InChI is InChI=1S/C56H62O9/c1-57-56-55(63-40-47-30-18-7-19-31-47)54(62-39-46-28-16-6-17-29-46)53(61-38-45-26-14-5-15-27-45)49(65-56)33-32-48-34-50(59-36-43-22-10-3-11-23-43)52(60-37-44-24-12-4-13-25-44)51(64-48)41-58-35-42-20-8-2-9-21-42/h2-31,48-56H,32-41H2,1H3/t48-,49+,50+,51+,52-,53+,54-,55+,56-/m0/s1. The van der Waals surface area contributed by atoms with Crippen LogP contribution in [-0.4, -0.2) is 68.8 Å². The van der Waals surface area contributed by atoms with Crippen molar-refractivity contribution in [2.75, 3.05) is 13.7 Å². The van der Waals surface area contributed by atoms with E-state index in [9.17, 15) is 0 Å². The highest BCUT2D eigenvalue weighted by molar-refractivity contribution is 5.18.